The molecule has 13 heteroatoms. The van der Waals surface area contributed by atoms with Gasteiger partial charge in [0.05, 0.1) is 6.42 Å². The van der Waals surface area contributed by atoms with Crippen LogP contribution < -0.4 is 20.7 Å². The maximum Gasteiger partial charge on any atom is 0.323 e. The molecule has 41 heavy (non-hydrogen) atoms. The second-order valence-corrected chi connectivity index (χ2v) is 9.91. The van der Waals surface area contributed by atoms with Crippen molar-refractivity contribution >= 4 is 40.8 Å². The van der Waals surface area contributed by atoms with Gasteiger partial charge in [0.25, 0.3) is 0 Å². The minimum Gasteiger partial charge on any atom is -0.436 e. The Hall–Kier alpha value is -4.23. The number of nitrogens with zero attached hydrogens (tertiary/aromatic N) is 4. The van der Waals surface area contributed by atoms with Crippen LogP contribution in [0.4, 0.5) is 25.1 Å². The topological polar surface area (TPSA) is 112 Å². The highest BCUT2D eigenvalue weighted by Crippen LogP contribution is 2.26. The minimum absolute atomic E-state index is 0.000812. The van der Waals surface area contributed by atoms with Crippen molar-refractivity contribution in [1.82, 2.24) is 25.1 Å². The number of nitrogens with one attached hydrogen (secondary N) is 3. The average Bonchev–Trinajstić information content (AvgIpc) is 2.95. The highest BCUT2D eigenvalue weighted by Gasteiger charge is 2.25. The van der Waals surface area contributed by atoms with E-state index in [0.717, 1.165) is 38.5 Å². The summed E-state index contributed by atoms with van der Waals surface area (Å²) in [6, 6.07) is 10.8. The van der Waals surface area contributed by atoms with E-state index in [1.807, 2.05) is 0 Å². The number of rotatable bonds is 8. The number of thiocarbonyl (C=S) groups is 1. The number of hydrogen-bond donors (Lipinski definition) is 3. The van der Waals surface area contributed by atoms with Crippen LogP contribution in [0.25, 0.3) is 0 Å². The maximum absolute atomic E-state index is 14.8. The molecular weight excluding hydrogens is 552 g/mol. The summed E-state index contributed by atoms with van der Waals surface area (Å²) in [4.78, 5) is 37.1. The first-order valence-electron chi connectivity index (χ1n) is 13.1. The summed E-state index contributed by atoms with van der Waals surface area (Å²) < 4.78 is 33.4. The Bertz CT molecular complexity index is 1390. The average molecular weight is 584 g/mol. The maximum atomic E-state index is 14.8. The van der Waals surface area contributed by atoms with Gasteiger partial charge in [0, 0.05) is 44.0 Å². The van der Waals surface area contributed by atoms with Gasteiger partial charge in [-0.2, -0.15) is 0 Å². The van der Waals surface area contributed by atoms with Crippen molar-refractivity contribution in [2.24, 2.45) is 0 Å². The number of carbonyl (C=O) groups excluding carboxylic acids is 2. The van der Waals surface area contributed by atoms with Gasteiger partial charge in [0.1, 0.15) is 18.0 Å². The van der Waals surface area contributed by atoms with Gasteiger partial charge in [-0.15, -0.1) is 0 Å². The summed E-state index contributed by atoms with van der Waals surface area (Å²) in [5.74, 6) is -1.37. The molecule has 10 nitrogen and oxygen atoms in total. The van der Waals surface area contributed by atoms with E-state index in [9.17, 15) is 18.4 Å². The molecule has 216 valence electrons. The van der Waals surface area contributed by atoms with Crippen molar-refractivity contribution in [2.45, 2.75) is 32.2 Å². The fraction of sp³-hybridized carbons (Fsp3) is 0.321. The molecule has 3 N–H and O–H groups in total. The van der Waals surface area contributed by atoms with Gasteiger partial charge in [-0.1, -0.05) is 19.1 Å². The van der Waals surface area contributed by atoms with E-state index in [4.69, 9.17) is 17.0 Å². The number of likely N-dealkylation sites (tertiary alicyclic amines) is 1. The normalized spacial score (nSPS) is 13.8. The summed E-state index contributed by atoms with van der Waals surface area (Å²) in [7, 11) is 1.76. The van der Waals surface area contributed by atoms with E-state index in [1.165, 1.54) is 48.8 Å². The number of amides is 3. The molecule has 2 aromatic carbocycles. The second kappa shape index (κ2) is 13.9. The molecule has 1 aliphatic heterocycles. The summed E-state index contributed by atoms with van der Waals surface area (Å²) >= 11 is 5.14. The predicted molar refractivity (Wildman–Crippen MR) is 155 cm³/mol. The number of aromatic nitrogens is 2. The Morgan fingerprint density at radius 2 is 1.80 bits per heavy atom. The van der Waals surface area contributed by atoms with Gasteiger partial charge in [0.15, 0.2) is 16.7 Å². The molecule has 0 spiro atoms. The fourth-order valence-electron chi connectivity index (χ4n) is 4.34. The Labute approximate surface area is 242 Å². The molecule has 4 rings (SSSR count). The standard InChI is InChI=1S/C28H31F2N7O3S/c1-3-37-12-10-21(11-13-37)36(2)28(39)34-24-16-26(32-17-31-24)40-23-9-8-20(15-22(23)30)33-27(41)35-25(38)14-18-4-6-19(29)7-5-18/h4-9,15-17,21H,3,10-14H2,1-2H3,(H,31,32,34,39)(H2,33,35,38,41). The lowest BCUT2D eigenvalue weighted by atomic mass is 10.0. The third-order valence-electron chi connectivity index (χ3n) is 6.68. The Balaban J connectivity index is 1.29. The molecule has 0 atom stereocenters. The molecule has 0 aliphatic carbocycles. The van der Waals surface area contributed by atoms with Crippen molar-refractivity contribution < 1.29 is 23.1 Å². The van der Waals surface area contributed by atoms with Crippen molar-refractivity contribution in [3.05, 3.63) is 72.1 Å². The molecule has 1 fully saturated rings. The fourth-order valence-corrected chi connectivity index (χ4v) is 4.58. The van der Waals surface area contributed by atoms with Gasteiger partial charge in [0.2, 0.25) is 11.8 Å². The molecule has 0 saturated carbocycles. The summed E-state index contributed by atoms with van der Waals surface area (Å²) in [5, 5.41) is 7.95. The van der Waals surface area contributed by atoms with Crippen LogP contribution in [-0.2, 0) is 11.2 Å². The number of carbonyl (C=O) groups is 2. The molecule has 0 radical (unpaired) electrons. The van der Waals surface area contributed by atoms with E-state index < -0.39 is 17.5 Å². The lowest BCUT2D eigenvalue weighted by Crippen LogP contribution is -2.46. The van der Waals surface area contributed by atoms with Gasteiger partial charge in [-0.3, -0.25) is 10.1 Å². The highest BCUT2D eigenvalue weighted by molar-refractivity contribution is 7.80. The number of halogens is 2. The van der Waals surface area contributed by atoms with E-state index in [1.54, 1.807) is 11.9 Å². The summed E-state index contributed by atoms with van der Waals surface area (Å²) in [5.41, 5.74) is 0.900. The van der Waals surface area contributed by atoms with Crippen LogP contribution in [-0.4, -0.2) is 69.5 Å². The number of piperidine rings is 1. The number of benzene rings is 2. The number of anilines is 2. The minimum atomic E-state index is -0.710. The van der Waals surface area contributed by atoms with Crippen LogP contribution in [0, 0.1) is 11.6 Å². The van der Waals surface area contributed by atoms with Crippen LogP contribution in [0.5, 0.6) is 11.6 Å². The van der Waals surface area contributed by atoms with E-state index in [0.29, 0.717) is 5.56 Å². The highest BCUT2D eigenvalue weighted by atomic mass is 32.1. The third kappa shape index (κ3) is 8.63. The molecule has 2 heterocycles. The lowest BCUT2D eigenvalue weighted by molar-refractivity contribution is -0.119. The number of hydrogen-bond acceptors (Lipinski definition) is 7. The Morgan fingerprint density at radius 1 is 1.07 bits per heavy atom. The molecular formula is C28H31F2N7O3S. The third-order valence-corrected chi connectivity index (χ3v) is 6.89. The zero-order chi connectivity index (χ0) is 29.4. The second-order valence-electron chi connectivity index (χ2n) is 9.50. The first kappa shape index (κ1) is 29.7. The van der Waals surface area contributed by atoms with Crippen molar-refractivity contribution in [3.63, 3.8) is 0 Å². The molecule has 3 aromatic rings. The van der Waals surface area contributed by atoms with Gasteiger partial charge >= 0.3 is 6.03 Å². The zero-order valence-electron chi connectivity index (χ0n) is 22.7. The monoisotopic (exact) mass is 583 g/mol. The molecule has 1 saturated heterocycles. The van der Waals surface area contributed by atoms with Crippen LogP contribution in [0.1, 0.15) is 25.3 Å². The van der Waals surface area contributed by atoms with Crippen LogP contribution in [0.2, 0.25) is 0 Å². The number of urea groups is 1. The van der Waals surface area contributed by atoms with E-state index in [2.05, 4.69) is 37.7 Å². The van der Waals surface area contributed by atoms with Crippen LogP contribution >= 0.6 is 12.2 Å². The van der Waals surface area contributed by atoms with E-state index in [-0.39, 0.29) is 46.7 Å². The molecule has 0 bridgehead atoms. The SMILES string of the molecule is CCN1CCC(N(C)C(=O)Nc2cc(Oc3ccc(NC(=S)NC(=O)Cc4ccc(F)cc4)cc3F)ncn2)CC1. The Kier molecular flexibility index (Phi) is 10.1. The first-order valence-corrected chi connectivity index (χ1v) is 13.5. The van der Waals surface area contributed by atoms with Crippen molar-refractivity contribution in [1.29, 1.82) is 0 Å². The smallest absolute Gasteiger partial charge is 0.323 e. The molecule has 1 aliphatic rings. The van der Waals surface area contributed by atoms with Gasteiger partial charge in [-0.25, -0.2) is 23.5 Å². The van der Waals surface area contributed by atoms with E-state index >= 15 is 0 Å². The molecule has 0 unspecified atom stereocenters. The number of ether oxygens (including phenoxy) is 1. The van der Waals surface area contributed by atoms with Gasteiger partial charge in [-0.05, 0) is 61.4 Å². The van der Waals surface area contributed by atoms with Crippen LogP contribution in [0.3, 0.4) is 0 Å². The zero-order valence-corrected chi connectivity index (χ0v) is 23.5. The quantitative estimate of drug-likeness (QED) is 0.331. The van der Waals surface area contributed by atoms with Crippen molar-refractivity contribution in [2.75, 3.05) is 37.3 Å². The van der Waals surface area contributed by atoms with Gasteiger partial charge < -0.3 is 25.2 Å². The molecule has 1 aromatic heterocycles. The summed E-state index contributed by atoms with van der Waals surface area (Å²) in [6.07, 6.45) is 3.00. The largest absolute Gasteiger partial charge is 0.436 e. The first-order chi connectivity index (χ1) is 19.7. The lowest BCUT2D eigenvalue weighted by Gasteiger charge is -2.36. The molecule has 3 amide bonds. The van der Waals surface area contributed by atoms with Crippen LogP contribution in [0.15, 0.2) is 54.9 Å². The Morgan fingerprint density at radius 3 is 2.49 bits per heavy atom. The van der Waals surface area contributed by atoms with Crippen molar-refractivity contribution in [3.8, 4) is 11.6 Å². The predicted octanol–water partition coefficient (Wildman–Crippen LogP) is 4.55. The summed E-state index contributed by atoms with van der Waals surface area (Å²) in [6.45, 7) is 5.02.